The number of nitrogens with one attached hydrogen (secondary N) is 1. The Bertz CT molecular complexity index is 382. The smallest absolute Gasteiger partial charge is 0.220 e. The van der Waals surface area contributed by atoms with Crippen molar-refractivity contribution in [1.29, 1.82) is 0 Å². The van der Waals surface area contributed by atoms with Crippen molar-refractivity contribution in [2.75, 3.05) is 13.1 Å². The third-order valence-corrected chi connectivity index (χ3v) is 3.05. The van der Waals surface area contributed by atoms with Crippen LogP contribution in [0.5, 0.6) is 0 Å². The van der Waals surface area contributed by atoms with Gasteiger partial charge in [0, 0.05) is 13.0 Å². The number of benzene rings is 1. The van der Waals surface area contributed by atoms with Crippen molar-refractivity contribution in [3.8, 4) is 0 Å². The van der Waals surface area contributed by atoms with E-state index in [1.807, 2.05) is 13.8 Å². The molecule has 3 N–H and O–H groups in total. The van der Waals surface area contributed by atoms with Crippen LogP contribution in [0, 0.1) is 12.3 Å². The van der Waals surface area contributed by atoms with Gasteiger partial charge in [0.15, 0.2) is 0 Å². The van der Waals surface area contributed by atoms with Gasteiger partial charge in [-0.05, 0) is 30.9 Å². The summed E-state index contributed by atoms with van der Waals surface area (Å²) in [5.41, 5.74) is 8.00. The van der Waals surface area contributed by atoms with Gasteiger partial charge in [-0.3, -0.25) is 4.79 Å². The zero-order valence-corrected chi connectivity index (χ0v) is 11.6. The van der Waals surface area contributed by atoms with E-state index in [1.54, 1.807) is 0 Å². The van der Waals surface area contributed by atoms with Crippen molar-refractivity contribution in [2.24, 2.45) is 11.1 Å². The molecule has 1 rings (SSSR count). The molecule has 1 aromatic carbocycles. The van der Waals surface area contributed by atoms with E-state index in [-0.39, 0.29) is 11.3 Å². The Morgan fingerprint density at radius 3 is 2.44 bits per heavy atom. The fourth-order valence-electron chi connectivity index (χ4n) is 1.67. The van der Waals surface area contributed by atoms with Crippen molar-refractivity contribution in [3.05, 3.63) is 35.4 Å². The summed E-state index contributed by atoms with van der Waals surface area (Å²) in [6.45, 7) is 7.29. The maximum absolute atomic E-state index is 11.7. The van der Waals surface area contributed by atoms with E-state index in [0.717, 1.165) is 6.42 Å². The molecule has 3 nitrogen and oxygen atoms in total. The van der Waals surface area contributed by atoms with E-state index in [2.05, 4.69) is 36.5 Å². The molecular formula is C15H24N2O. The minimum atomic E-state index is -0.117. The summed E-state index contributed by atoms with van der Waals surface area (Å²) in [6.07, 6.45) is 1.35. The summed E-state index contributed by atoms with van der Waals surface area (Å²) in [5.74, 6) is 0.0811. The predicted octanol–water partition coefficient (Wildman–Crippen LogP) is 2.03. The van der Waals surface area contributed by atoms with Crippen LogP contribution in [0.15, 0.2) is 24.3 Å². The molecule has 0 heterocycles. The zero-order valence-electron chi connectivity index (χ0n) is 11.6. The van der Waals surface area contributed by atoms with Crippen LogP contribution in [0.4, 0.5) is 0 Å². The molecular weight excluding hydrogens is 224 g/mol. The molecule has 0 aliphatic carbocycles. The summed E-state index contributed by atoms with van der Waals surface area (Å²) in [4.78, 5) is 11.7. The van der Waals surface area contributed by atoms with E-state index in [1.165, 1.54) is 11.1 Å². The molecule has 100 valence electrons. The maximum Gasteiger partial charge on any atom is 0.220 e. The molecule has 0 aromatic heterocycles. The Labute approximate surface area is 110 Å². The number of carbonyl (C=O) groups excluding carboxylic acids is 1. The first-order valence-corrected chi connectivity index (χ1v) is 6.45. The molecule has 0 unspecified atom stereocenters. The van der Waals surface area contributed by atoms with E-state index in [4.69, 9.17) is 5.73 Å². The van der Waals surface area contributed by atoms with Gasteiger partial charge >= 0.3 is 0 Å². The molecule has 0 bridgehead atoms. The number of hydrogen-bond acceptors (Lipinski definition) is 2. The third kappa shape index (κ3) is 5.32. The summed E-state index contributed by atoms with van der Waals surface area (Å²) in [6, 6.07) is 8.39. The SMILES string of the molecule is Cc1ccc(CCNC(=O)CC(C)(C)CN)cc1. The number of rotatable bonds is 6. The Balaban J connectivity index is 2.29. The molecule has 0 aliphatic heterocycles. The summed E-state index contributed by atoms with van der Waals surface area (Å²) >= 11 is 0. The number of hydrogen-bond donors (Lipinski definition) is 2. The van der Waals surface area contributed by atoms with Crippen molar-refractivity contribution in [2.45, 2.75) is 33.6 Å². The fourth-order valence-corrected chi connectivity index (χ4v) is 1.67. The van der Waals surface area contributed by atoms with Gasteiger partial charge in [0.05, 0.1) is 0 Å². The molecule has 1 amide bonds. The normalized spacial score (nSPS) is 11.3. The molecule has 0 spiro atoms. The second-order valence-corrected chi connectivity index (χ2v) is 5.63. The Morgan fingerprint density at radius 2 is 1.89 bits per heavy atom. The van der Waals surface area contributed by atoms with Crippen LogP contribution in [0.2, 0.25) is 0 Å². The highest BCUT2D eigenvalue weighted by atomic mass is 16.1. The Morgan fingerprint density at radius 1 is 1.28 bits per heavy atom. The lowest BCUT2D eigenvalue weighted by atomic mass is 9.89. The second-order valence-electron chi connectivity index (χ2n) is 5.63. The monoisotopic (exact) mass is 248 g/mol. The van der Waals surface area contributed by atoms with Crippen LogP contribution < -0.4 is 11.1 Å². The third-order valence-electron chi connectivity index (χ3n) is 3.05. The quantitative estimate of drug-likeness (QED) is 0.809. The van der Waals surface area contributed by atoms with Crippen molar-refractivity contribution < 1.29 is 4.79 Å². The van der Waals surface area contributed by atoms with E-state index >= 15 is 0 Å². The lowest BCUT2D eigenvalue weighted by molar-refractivity contribution is -0.122. The topological polar surface area (TPSA) is 55.1 Å². The van der Waals surface area contributed by atoms with Crippen LogP contribution >= 0.6 is 0 Å². The number of carbonyl (C=O) groups is 1. The molecule has 0 radical (unpaired) electrons. The molecule has 0 saturated carbocycles. The average Bonchev–Trinajstić information content (AvgIpc) is 2.31. The van der Waals surface area contributed by atoms with Crippen LogP contribution in [-0.2, 0) is 11.2 Å². The average molecular weight is 248 g/mol. The highest BCUT2D eigenvalue weighted by molar-refractivity contribution is 5.76. The summed E-state index contributed by atoms with van der Waals surface area (Å²) in [5, 5.41) is 2.94. The van der Waals surface area contributed by atoms with Crippen LogP contribution in [0.1, 0.15) is 31.4 Å². The van der Waals surface area contributed by atoms with E-state index < -0.39 is 0 Å². The summed E-state index contributed by atoms with van der Waals surface area (Å²) < 4.78 is 0. The van der Waals surface area contributed by atoms with Crippen LogP contribution in [0.3, 0.4) is 0 Å². The van der Waals surface area contributed by atoms with Gasteiger partial charge in [0.25, 0.3) is 0 Å². The molecule has 0 fully saturated rings. The van der Waals surface area contributed by atoms with Gasteiger partial charge in [0.2, 0.25) is 5.91 Å². The van der Waals surface area contributed by atoms with Gasteiger partial charge in [-0.25, -0.2) is 0 Å². The maximum atomic E-state index is 11.7. The number of amides is 1. The summed E-state index contributed by atoms with van der Waals surface area (Å²) in [7, 11) is 0. The standard InChI is InChI=1S/C15H24N2O/c1-12-4-6-13(7-5-12)8-9-17-14(18)10-15(2,3)11-16/h4-7H,8-11,16H2,1-3H3,(H,17,18). The molecule has 0 aliphatic rings. The highest BCUT2D eigenvalue weighted by Crippen LogP contribution is 2.17. The van der Waals surface area contributed by atoms with E-state index in [0.29, 0.717) is 19.5 Å². The van der Waals surface area contributed by atoms with Crippen molar-refractivity contribution >= 4 is 5.91 Å². The molecule has 0 atom stereocenters. The minimum Gasteiger partial charge on any atom is -0.356 e. The fraction of sp³-hybridized carbons (Fsp3) is 0.533. The lowest BCUT2D eigenvalue weighted by Crippen LogP contribution is -2.33. The van der Waals surface area contributed by atoms with Gasteiger partial charge in [0.1, 0.15) is 0 Å². The van der Waals surface area contributed by atoms with Gasteiger partial charge < -0.3 is 11.1 Å². The first kappa shape index (κ1) is 14.7. The predicted molar refractivity (Wildman–Crippen MR) is 75.3 cm³/mol. The number of aryl methyl sites for hydroxylation is 1. The largest absolute Gasteiger partial charge is 0.356 e. The molecule has 1 aromatic rings. The van der Waals surface area contributed by atoms with Gasteiger partial charge in [-0.2, -0.15) is 0 Å². The second kappa shape index (κ2) is 6.55. The minimum absolute atomic E-state index is 0.0811. The highest BCUT2D eigenvalue weighted by Gasteiger charge is 2.19. The van der Waals surface area contributed by atoms with Gasteiger partial charge in [-0.15, -0.1) is 0 Å². The Kier molecular flexibility index (Phi) is 5.35. The number of nitrogens with two attached hydrogens (primary N) is 1. The zero-order chi connectivity index (χ0) is 13.6. The lowest BCUT2D eigenvalue weighted by Gasteiger charge is -2.21. The van der Waals surface area contributed by atoms with Gasteiger partial charge in [-0.1, -0.05) is 43.7 Å². The van der Waals surface area contributed by atoms with Crippen LogP contribution in [-0.4, -0.2) is 19.0 Å². The van der Waals surface area contributed by atoms with E-state index in [9.17, 15) is 4.79 Å². The molecule has 3 heteroatoms. The first-order valence-electron chi connectivity index (χ1n) is 6.45. The molecule has 0 saturated heterocycles. The Hall–Kier alpha value is -1.35. The first-order chi connectivity index (χ1) is 8.43. The van der Waals surface area contributed by atoms with Crippen molar-refractivity contribution in [1.82, 2.24) is 5.32 Å². The van der Waals surface area contributed by atoms with Crippen molar-refractivity contribution in [3.63, 3.8) is 0 Å². The van der Waals surface area contributed by atoms with Crippen LogP contribution in [0.25, 0.3) is 0 Å². The molecule has 18 heavy (non-hydrogen) atoms.